The zero-order valence-corrected chi connectivity index (χ0v) is 15.3. The number of carbonyl (C=O) groups is 3. The average molecular weight is 366 g/mol. The Hall–Kier alpha value is -2.86. The number of rotatable bonds is 4. The van der Waals surface area contributed by atoms with Crippen molar-refractivity contribution in [3.63, 3.8) is 0 Å². The van der Waals surface area contributed by atoms with Gasteiger partial charge in [0, 0.05) is 5.69 Å². The number of nitrogens with zero attached hydrogens (tertiary/aromatic N) is 1. The van der Waals surface area contributed by atoms with Gasteiger partial charge in [0.05, 0.1) is 4.91 Å². The van der Waals surface area contributed by atoms with Gasteiger partial charge < -0.3 is 5.32 Å². The van der Waals surface area contributed by atoms with Crippen LogP contribution in [0.15, 0.2) is 53.4 Å². The standard InChI is InChI=1S/C20H18N2O3S/c1-13-8-9-16(10-14(13)2)21-18(23)12-22-19(24)17(26-20(22)25)11-15-6-4-3-5-7-15/h3-11H,12H2,1-2H3,(H,21,23). The molecule has 1 fully saturated rings. The van der Waals surface area contributed by atoms with Gasteiger partial charge in [0.15, 0.2) is 0 Å². The Morgan fingerprint density at radius 1 is 1.08 bits per heavy atom. The van der Waals surface area contributed by atoms with Crippen LogP contribution in [0, 0.1) is 13.8 Å². The maximum absolute atomic E-state index is 12.4. The lowest BCUT2D eigenvalue weighted by Crippen LogP contribution is -2.36. The second kappa shape index (κ2) is 7.58. The highest BCUT2D eigenvalue weighted by molar-refractivity contribution is 8.18. The Labute approximate surface area is 156 Å². The minimum absolute atomic E-state index is 0.302. The molecule has 1 heterocycles. The van der Waals surface area contributed by atoms with Gasteiger partial charge in [0.2, 0.25) is 5.91 Å². The van der Waals surface area contributed by atoms with E-state index in [0.717, 1.165) is 33.4 Å². The molecule has 132 valence electrons. The van der Waals surface area contributed by atoms with E-state index in [4.69, 9.17) is 0 Å². The van der Waals surface area contributed by atoms with Gasteiger partial charge >= 0.3 is 0 Å². The molecular formula is C20H18N2O3S. The van der Waals surface area contributed by atoms with E-state index in [2.05, 4.69) is 5.32 Å². The third-order valence-electron chi connectivity index (χ3n) is 4.06. The molecule has 1 saturated heterocycles. The molecule has 0 aliphatic carbocycles. The van der Waals surface area contributed by atoms with Crippen molar-refractivity contribution in [2.45, 2.75) is 13.8 Å². The van der Waals surface area contributed by atoms with Gasteiger partial charge in [-0.15, -0.1) is 0 Å². The fraction of sp³-hybridized carbons (Fsp3) is 0.150. The van der Waals surface area contributed by atoms with Crippen molar-refractivity contribution in [3.05, 3.63) is 70.1 Å². The number of hydrogen-bond acceptors (Lipinski definition) is 4. The van der Waals surface area contributed by atoms with E-state index in [1.54, 1.807) is 12.1 Å². The molecule has 2 aromatic carbocycles. The number of carbonyl (C=O) groups excluding carboxylic acids is 3. The monoisotopic (exact) mass is 366 g/mol. The zero-order valence-electron chi connectivity index (χ0n) is 14.5. The first-order chi connectivity index (χ1) is 12.4. The maximum Gasteiger partial charge on any atom is 0.294 e. The summed E-state index contributed by atoms with van der Waals surface area (Å²) >= 11 is 0.848. The van der Waals surface area contributed by atoms with Crippen LogP contribution in [0.1, 0.15) is 16.7 Å². The first kappa shape index (κ1) is 17.9. The smallest absolute Gasteiger partial charge is 0.294 e. The first-order valence-corrected chi connectivity index (χ1v) is 8.93. The summed E-state index contributed by atoms with van der Waals surface area (Å²) in [6.07, 6.45) is 1.66. The van der Waals surface area contributed by atoms with Crippen molar-refractivity contribution >= 4 is 40.6 Å². The van der Waals surface area contributed by atoms with Crippen molar-refractivity contribution in [2.75, 3.05) is 11.9 Å². The Morgan fingerprint density at radius 3 is 2.50 bits per heavy atom. The summed E-state index contributed by atoms with van der Waals surface area (Å²) in [5.41, 5.74) is 3.65. The molecule has 0 atom stereocenters. The van der Waals surface area contributed by atoms with E-state index in [9.17, 15) is 14.4 Å². The maximum atomic E-state index is 12.4. The molecule has 3 rings (SSSR count). The van der Waals surface area contributed by atoms with Gasteiger partial charge in [-0.1, -0.05) is 36.4 Å². The van der Waals surface area contributed by atoms with Crippen LogP contribution in [0.25, 0.3) is 6.08 Å². The fourth-order valence-corrected chi connectivity index (χ4v) is 3.34. The summed E-state index contributed by atoms with van der Waals surface area (Å²) in [6, 6.07) is 14.8. The molecule has 0 bridgehead atoms. The summed E-state index contributed by atoms with van der Waals surface area (Å²) in [5.74, 6) is -0.851. The van der Waals surface area contributed by atoms with Gasteiger partial charge in [-0.2, -0.15) is 0 Å². The van der Waals surface area contributed by atoms with Gasteiger partial charge in [-0.25, -0.2) is 0 Å². The molecule has 3 amide bonds. The molecule has 5 nitrogen and oxygen atoms in total. The van der Waals surface area contributed by atoms with E-state index in [-0.39, 0.29) is 6.54 Å². The number of thioether (sulfide) groups is 1. The van der Waals surface area contributed by atoms with Crippen LogP contribution >= 0.6 is 11.8 Å². The summed E-state index contributed by atoms with van der Waals surface area (Å²) < 4.78 is 0. The van der Waals surface area contributed by atoms with Crippen molar-refractivity contribution < 1.29 is 14.4 Å². The third kappa shape index (κ3) is 4.03. The summed E-state index contributed by atoms with van der Waals surface area (Å²) in [7, 11) is 0. The van der Waals surface area contributed by atoms with Gasteiger partial charge in [-0.3, -0.25) is 19.3 Å². The highest BCUT2D eigenvalue weighted by atomic mass is 32.2. The normalized spacial score (nSPS) is 15.6. The van der Waals surface area contributed by atoms with Gasteiger partial charge in [0.1, 0.15) is 6.54 Å². The van der Waals surface area contributed by atoms with Crippen molar-refractivity contribution in [3.8, 4) is 0 Å². The molecule has 0 radical (unpaired) electrons. The van der Waals surface area contributed by atoms with E-state index >= 15 is 0 Å². The first-order valence-electron chi connectivity index (χ1n) is 8.11. The average Bonchev–Trinajstić information content (AvgIpc) is 2.86. The summed E-state index contributed by atoms with van der Waals surface area (Å²) in [4.78, 5) is 38.1. The number of amides is 3. The van der Waals surface area contributed by atoms with E-state index < -0.39 is 17.1 Å². The highest BCUT2D eigenvalue weighted by Gasteiger charge is 2.36. The minimum atomic E-state index is -0.445. The van der Waals surface area contributed by atoms with Gasteiger partial charge in [-0.05, 0) is 60.5 Å². The number of benzene rings is 2. The SMILES string of the molecule is Cc1ccc(NC(=O)CN2C(=O)SC(=Cc3ccccc3)C2=O)cc1C. The number of nitrogens with one attached hydrogen (secondary N) is 1. The van der Waals surface area contributed by atoms with E-state index in [1.165, 1.54) is 0 Å². The molecular weight excluding hydrogens is 348 g/mol. The van der Waals surface area contributed by atoms with Crippen LogP contribution < -0.4 is 5.32 Å². The molecule has 0 unspecified atom stereocenters. The summed E-state index contributed by atoms with van der Waals surface area (Å²) in [6.45, 7) is 3.64. The quantitative estimate of drug-likeness (QED) is 0.831. The Bertz CT molecular complexity index is 907. The molecule has 0 spiro atoms. The molecule has 1 aliphatic rings. The number of anilines is 1. The topological polar surface area (TPSA) is 66.5 Å². The van der Waals surface area contributed by atoms with E-state index in [0.29, 0.717) is 10.6 Å². The molecule has 26 heavy (non-hydrogen) atoms. The lowest BCUT2D eigenvalue weighted by atomic mass is 10.1. The van der Waals surface area contributed by atoms with Crippen molar-refractivity contribution in [2.24, 2.45) is 0 Å². The van der Waals surface area contributed by atoms with Crippen LogP contribution in [-0.2, 0) is 9.59 Å². The minimum Gasteiger partial charge on any atom is -0.325 e. The summed E-state index contributed by atoms with van der Waals surface area (Å²) in [5, 5.41) is 2.29. The second-order valence-corrected chi connectivity index (χ2v) is 7.02. The van der Waals surface area contributed by atoms with E-state index in [1.807, 2.05) is 56.3 Å². The molecule has 0 saturated carbocycles. The molecule has 1 N–H and O–H groups in total. The highest BCUT2D eigenvalue weighted by Crippen LogP contribution is 2.32. The van der Waals surface area contributed by atoms with Crippen molar-refractivity contribution in [1.82, 2.24) is 4.90 Å². The van der Waals surface area contributed by atoms with Crippen molar-refractivity contribution in [1.29, 1.82) is 0 Å². The van der Waals surface area contributed by atoms with Gasteiger partial charge in [0.25, 0.3) is 11.1 Å². The molecule has 0 aromatic heterocycles. The Kier molecular flexibility index (Phi) is 5.23. The fourth-order valence-electron chi connectivity index (χ4n) is 2.50. The van der Waals surface area contributed by atoms with Crippen LogP contribution in [0.2, 0.25) is 0 Å². The number of imide groups is 1. The van der Waals surface area contributed by atoms with Crippen LogP contribution in [-0.4, -0.2) is 28.5 Å². The predicted molar refractivity (Wildman–Crippen MR) is 104 cm³/mol. The largest absolute Gasteiger partial charge is 0.325 e. The van der Waals surface area contributed by atoms with Crippen LogP contribution in [0.4, 0.5) is 10.5 Å². The molecule has 2 aromatic rings. The number of hydrogen-bond donors (Lipinski definition) is 1. The Balaban J connectivity index is 1.68. The third-order valence-corrected chi connectivity index (χ3v) is 4.97. The second-order valence-electron chi connectivity index (χ2n) is 6.03. The molecule has 1 aliphatic heterocycles. The van der Waals surface area contributed by atoms with Crippen LogP contribution in [0.5, 0.6) is 0 Å². The lowest BCUT2D eigenvalue weighted by molar-refractivity contribution is -0.127. The predicted octanol–water partition coefficient (Wildman–Crippen LogP) is 3.98. The van der Waals surface area contributed by atoms with Crippen LogP contribution in [0.3, 0.4) is 0 Å². The Morgan fingerprint density at radius 2 is 1.81 bits per heavy atom. The molecule has 6 heteroatoms. The zero-order chi connectivity index (χ0) is 18.7. The lowest BCUT2D eigenvalue weighted by Gasteiger charge is -2.13. The number of aryl methyl sites for hydroxylation is 2.